The van der Waals surface area contributed by atoms with Gasteiger partial charge in [0.1, 0.15) is 12.0 Å². The van der Waals surface area contributed by atoms with Crippen molar-refractivity contribution in [2.75, 3.05) is 38.7 Å². The number of aliphatic hydroxyl groups is 1. The molecule has 198 valence electrons. The predicted molar refractivity (Wildman–Crippen MR) is 133 cm³/mol. The number of carbonyl (C=O) groups excluding carboxylic acids is 2. The lowest BCUT2D eigenvalue weighted by Gasteiger charge is -2.29. The van der Waals surface area contributed by atoms with Gasteiger partial charge in [-0.2, -0.15) is 0 Å². The van der Waals surface area contributed by atoms with E-state index in [4.69, 9.17) is 19.3 Å². The summed E-state index contributed by atoms with van der Waals surface area (Å²) >= 11 is 0. The molecule has 3 N–H and O–H groups in total. The van der Waals surface area contributed by atoms with Crippen molar-refractivity contribution in [3.05, 3.63) is 75.7 Å². The lowest BCUT2D eigenvalue weighted by Crippen LogP contribution is -2.35. The van der Waals surface area contributed by atoms with Crippen molar-refractivity contribution < 1.29 is 33.8 Å². The number of allylic oxidation sites excluding steroid dienone is 1. The summed E-state index contributed by atoms with van der Waals surface area (Å²) in [5.41, 5.74) is 1.20. The molecule has 0 saturated heterocycles. The van der Waals surface area contributed by atoms with Gasteiger partial charge in [0, 0.05) is 38.1 Å². The Morgan fingerprint density at radius 1 is 1.19 bits per heavy atom. The number of hydrogen-bond acceptors (Lipinski definition) is 10. The normalized spacial score (nSPS) is 16.8. The van der Waals surface area contributed by atoms with Crippen LogP contribution >= 0.6 is 0 Å². The highest BCUT2D eigenvalue weighted by molar-refractivity contribution is 5.92. The van der Waals surface area contributed by atoms with E-state index in [-0.39, 0.29) is 30.5 Å². The van der Waals surface area contributed by atoms with Crippen LogP contribution in [-0.4, -0.2) is 66.6 Å². The van der Waals surface area contributed by atoms with Crippen molar-refractivity contribution in [1.29, 1.82) is 0 Å². The molecule has 2 heterocycles. The van der Waals surface area contributed by atoms with Crippen molar-refractivity contribution in [2.24, 2.45) is 0 Å². The fourth-order valence-electron chi connectivity index (χ4n) is 3.62. The number of nitrogens with zero attached hydrogens (tertiary/aromatic N) is 2. The Balaban J connectivity index is 1.61. The quantitative estimate of drug-likeness (QED) is 0.157. The summed E-state index contributed by atoms with van der Waals surface area (Å²) in [5.74, 6) is -0.477. The smallest absolute Gasteiger partial charge is 0.337 e. The van der Waals surface area contributed by atoms with Crippen LogP contribution < -0.4 is 10.6 Å². The van der Waals surface area contributed by atoms with Gasteiger partial charge in [0.05, 0.1) is 24.2 Å². The van der Waals surface area contributed by atoms with Gasteiger partial charge in [0.2, 0.25) is 6.29 Å². The second-order valence-electron chi connectivity index (χ2n) is 8.18. The molecule has 1 aromatic heterocycles. The van der Waals surface area contributed by atoms with Gasteiger partial charge in [-0.25, -0.2) is 9.78 Å². The van der Waals surface area contributed by atoms with Crippen LogP contribution in [0.3, 0.4) is 0 Å². The Labute approximate surface area is 213 Å². The van der Waals surface area contributed by atoms with Crippen LogP contribution in [0.2, 0.25) is 0 Å². The molecule has 0 bridgehead atoms. The van der Waals surface area contributed by atoms with Gasteiger partial charge < -0.3 is 30.0 Å². The molecule has 0 saturated carbocycles. The number of rotatable bonds is 13. The van der Waals surface area contributed by atoms with Gasteiger partial charge >= 0.3 is 5.97 Å². The molecule has 0 aliphatic carbocycles. The fourth-order valence-corrected chi connectivity index (χ4v) is 3.62. The molecule has 1 aliphatic rings. The van der Waals surface area contributed by atoms with Crippen molar-refractivity contribution in [1.82, 2.24) is 10.3 Å². The first kappa shape index (κ1) is 27.6. The Morgan fingerprint density at radius 2 is 1.97 bits per heavy atom. The van der Waals surface area contributed by atoms with Gasteiger partial charge in [-0.05, 0) is 42.7 Å². The maximum atomic E-state index is 12.8. The molecule has 12 heteroatoms. The van der Waals surface area contributed by atoms with Crippen LogP contribution in [0.25, 0.3) is 0 Å². The van der Waals surface area contributed by atoms with E-state index < -0.39 is 23.1 Å². The number of amides is 1. The van der Waals surface area contributed by atoms with E-state index in [1.165, 1.54) is 19.2 Å². The molecule has 0 unspecified atom stereocenters. The molecule has 2 atom stereocenters. The van der Waals surface area contributed by atoms with Crippen molar-refractivity contribution in [3.8, 4) is 0 Å². The summed E-state index contributed by atoms with van der Waals surface area (Å²) in [6.07, 6.45) is 3.95. The third-order valence-electron chi connectivity index (χ3n) is 5.57. The Morgan fingerprint density at radius 3 is 2.62 bits per heavy atom. The number of esters is 1. The number of anilines is 1. The molecule has 1 aliphatic heterocycles. The number of unbranched alkanes of at least 4 members (excludes halogenated alkanes) is 1. The van der Waals surface area contributed by atoms with Gasteiger partial charge in [-0.1, -0.05) is 12.1 Å². The topological polar surface area (TPSA) is 162 Å². The number of pyridine rings is 1. The van der Waals surface area contributed by atoms with Crippen LogP contribution in [0.4, 0.5) is 11.5 Å². The van der Waals surface area contributed by atoms with Crippen LogP contribution in [0.5, 0.6) is 0 Å². The van der Waals surface area contributed by atoms with Gasteiger partial charge in [-0.3, -0.25) is 14.9 Å². The summed E-state index contributed by atoms with van der Waals surface area (Å²) in [6, 6.07) is 9.77. The number of hydrogen-bond donors (Lipinski definition) is 3. The standard InChI is InChI=1S/C25H30N4O8/c1-35-25(32)18-6-4-17(5-7-18)19-14-21(37-23(15-19)36-13-3-2-12-30)24(31)27-11-10-26-22-9-8-20(16-28-22)29(33)34/h4-9,14,16,19,23,30H,2-3,10-13,15H2,1H3,(H,26,28)(H,27,31)/t19-,23+/m1/s1. The zero-order valence-electron chi connectivity index (χ0n) is 20.4. The maximum Gasteiger partial charge on any atom is 0.337 e. The predicted octanol–water partition coefficient (Wildman–Crippen LogP) is 2.51. The minimum atomic E-state index is -0.655. The highest BCUT2D eigenvalue weighted by Crippen LogP contribution is 2.32. The van der Waals surface area contributed by atoms with Gasteiger partial charge in [0.15, 0.2) is 5.76 Å². The van der Waals surface area contributed by atoms with Crippen LogP contribution in [0.1, 0.15) is 41.1 Å². The largest absolute Gasteiger partial charge is 0.465 e. The zero-order valence-corrected chi connectivity index (χ0v) is 20.4. The molecular formula is C25H30N4O8. The highest BCUT2D eigenvalue weighted by Gasteiger charge is 2.28. The summed E-state index contributed by atoms with van der Waals surface area (Å²) in [6.45, 7) is 1.03. The third kappa shape index (κ3) is 8.26. The minimum Gasteiger partial charge on any atom is -0.465 e. The number of benzene rings is 1. The molecule has 37 heavy (non-hydrogen) atoms. The summed E-state index contributed by atoms with van der Waals surface area (Å²) in [4.78, 5) is 38.7. The maximum absolute atomic E-state index is 12.8. The van der Waals surface area contributed by atoms with Crippen LogP contribution in [-0.2, 0) is 19.0 Å². The molecule has 1 aromatic carbocycles. The first-order valence-corrected chi connectivity index (χ1v) is 11.8. The van der Waals surface area contributed by atoms with E-state index in [1.54, 1.807) is 30.3 Å². The number of carbonyl (C=O) groups is 2. The number of ether oxygens (including phenoxy) is 3. The first-order chi connectivity index (χ1) is 17.9. The minimum absolute atomic E-state index is 0.0705. The molecular weight excluding hydrogens is 484 g/mol. The van der Waals surface area contributed by atoms with E-state index in [0.717, 1.165) is 11.8 Å². The summed E-state index contributed by atoms with van der Waals surface area (Å²) in [7, 11) is 1.32. The number of methoxy groups -OCH3 is 1. The van der Waals surface area contributed by atoms with E-state index in [9.17, 15) is 19.7 Å². The Hall–Kier alpha value is -4.03. The first-order valence-electron chi connectivity index (χ1n) is 11.8. The number of nitrogens with one attached hydrogen (secondary N) is 2. The number of aliphatic hydroxyl groups excluding tert-OH is 1. The van der Waals surface area contributed by atoms with E-state index in [1.807, 2.05) is 0 Å². The third-order valence-corrected chi connectivity index (χ3v) is 5.57. The van der Waals surface area contributed by atoms with E-state index in [0.29, 0.717) is 43.8 Å². The summed E-state index contributed by atoms with van der Waals surface area (Å²) < 4.78 is 16.4. The monoisotopic (exact) mass is 514 g/mol. The van der Waals surface area contributed by atoms with Gasteiger partial charge in [0.25, 0.3) is 11.6 Å². The molecule has 12 nitrogen and oxygen atoms in total. The molecule has 0 radical (unpaired) electrons. The number of aromatic nitrogens is 1. The Kier molecular flexibility index (Phi) is 10.4. The lowest BCUT2D eigenvalue weighted by molar-refractivity contribution is -0.385. The van der Waals surface area contributed by atoms with Crippen LogP contribution in [0, 0.1) is 10.1 Å². The van der Waals surface area contributed by atoms with Gasteiger partial charge in [-0.15, -0.1) is 0 Å². The fraction of sp³-hybridized carbons (Fsp3) is 0.400. The van der Waals surface area contributed by atoms with Crippen molar-refractivity contribution in [3.63, 3.8) is 0 Å². The second-order valence-corrected chi connectivity index (χ2v) is 8.18. The SMILES string of the molecule is COC(=O)c1ccc([C@@H]2C=C(C(=O)NCCNc3ccc([N+](=O)[O-])cn3)O[C@H](OCCCCO)C2)cc1. The molecule has 0 spiro atoms. The molecule has 2 aromatic rings. The van der Waals surface area contributed by atoms with E-state index >= 15 is 0 Å². The summed E-state index contributed by atoms with van der Waals surface area (Å²) in [5, 5.41) is 25.5. The lowest BCUT2D eigenvalue weighted by atomic mass is 9.92. The molecule has 1 amide bonds. The van der Waals surface area contributed by atoms with Crippen LogP contribution in [0.15, 0.2) is 54.4 Å². The van der Waals surface area contributed by atoms with Crippen molar-refractivity contribution in [2.45, 2.75) is 31.5 Å². The Bertz CT molecular complexity index is 1090. The van der Waals surface area contributed by atoms with Crippen molar-refractivity contribution >= 4 is 23.4 Å². The number of nitro groups is 1. The highest BCUT2D eigenvalue weighted by atomic mass is 16.7. The zero-order chi connectivity index (χ0) is 26.6. The van der Waals surface area contributed by atoms with E-state index in [2.05, 4.69) is 15.6 Å². The second kappa shape index (κ2) is 13.9. The average molecular weight is 515 g/mol. The molecule has 0 fully saturated rings. The molecule has 3 rings (SSSR count). The average Bonchev–Trinajstić information content (AvgIpc) is 2.93.